The van der Waals surface area contributed by atoms with E-state index in [0.717, 1.165) is 11.1 Å². The molecule has 0 aliphatic carbocycles. The number of hydrogen-bond acceptors (Lipinski definition) is 7. The molecule has 0 aliphatic rings. The molecule has 0 atom stereocenters. The molecule has 0 saturated heterocycles. The van der Waals surface area contributed by atoms with E-state index < -0.39 is 0 Å². The summed E-state index contributed by atoms with van der Waals surface area (Å²) in [6.45, 7) is 4.40. The smallest absolute Gasteiger partial charge is 0.312 e. The minimum absolute atomic E-state index is 0.0575. The Morgan fingerprint density at radius 3 is 2.53 bits per heavy atom. The maximum atomic E-state index is 13.0. The summed E-state index contributed by atoms with van der Waals surface area (Å²) in [5, 5.41) is 16.4. The molecule has 1 heterocycles. The Labute approximate surface area is 174 Å². The van der Waals surface area contributed by atoms with Crippen LogP contribution in [-0.4, -0.2) is 27.6 Å². The van der Waals surface area contributed by atoms with Crippen LogP contribution in [0.3, 0.4) is 0 Å². The van der Waals surface area contributed by atoms with Crippen molar-refractivity contribution in [2.24, 2.45) is 0 Å². The number of amides is 1. The molecule has 0 saturated carbocycles. The molecule has 8 heteroatoms. The molecule has 3 aromatic rings. The van der Waals surface area contributed by atoms with Crippen molar-refractivity contribution in [3.05, 3.63) is 71.1 Å². The number of carbonyl (C=O) groups is 1. The largest absolute Gasteiger partial charge is 0.483 e. The first-order chi connectivity index (χ1) is 14.5. The van der Waals surface area contributed by atoms with E-state index in [-0.39, 0.29) is 36.9 Å². The molecule has 154 valence electrons. The highest BCUT2D eigenvalue weighted by atomic mass is 16.5. The number of nitriles is 1. The predicted octanol–water partition coefficient (Wildman–Crippen LogP) is 3.25. The molecule has 2 aromatic carbocycles. The van der Waals surface area contributed by atoms with Crippen molar-refractivity contribution < 1.29 is 13.9 Å². The molecule has 0 aliphatic heterocycles. The van der Waals surface area contributed by atoms with Crippen LogP contribution in [0.25, 0.3) is 0 Å². The summed E-state index contributed by atoms with van der Waals surface area (Å²) in [6.07, 6.45) is 0. The minimum Gasteiger partial charge on any atom is -0.483 e. The van der Waals surface area contributed by atoms with Gasteiger partial charge in [0.1, 0.15) is 5.75 Å². The number of carbonyl (C=O) groups excluding carboxylic acids is 1. The lowest BCUT2D eigenvalue weighted by atomic mass is 10.0. The number of nitrogens with two attached hydrogens (primary N) is 1. The molecule has 1 aromatic heterocycles. The lowest BCUT2D eigenvalue weighted by Gasteiger charge is -2.22. The molecule has 1 amide bonds. The fraction of sp³-hybridized carbons (Fsp3) is 0.273. The van der Waals surface area contributed by atoms with E-state index >= 15 is 0 Å². The van der Waals surface area contributed by atoms with Gasteiger partial charge in [-0.25, -0.2) is 0 Å². The standard InChI is InChI=1S/C22H23N5O3/c1-15(2)18-5-3-4-6-19(18)29-14-21(28)27(13-20-25-26-22(24)30-20)12-17-9-7-16(11-23)8-10-17/h3-10,15H,12-14H2,1-2H3,(H2,24,26). The zero-order valence-electron chi connectivity index (χ0n) is 16.9. The van der Waals surface area contributed by atoms with Crippen molar-refractivity contribution in [2.45, 2.75) is 32.9 Å². The zero-order valence-corrected chi connectivity index (χ0v) is 16.9. The lowest BCUT2D eigenvalue weighted by Crippen LogP contribution is -2.34. The SMILES string of the molecule is CC(C)c1ccccc1OCC(=O)N(Cc1ccc(C#N)cc1)Cc1nnc(N)o1. The first-order valence-corrected chi connectivity index (χ1v) is 9.52. The fourth-order valence-corrected chi connectivity index (χ4v) is 2.95. The number of rotatable bonds is 8. The summed E-state index contributed by atoms with van der Waals surface area (Å²) in [6, 6.07) is 16.7. The molecule has 0 unspecified atom stereocenters. The quantitative estimate of drug-likeness (QED) is 0.611. The van der Waals surface area contributed by atoms with Gasteiger partial charge in [-0.2, -0.15) is 5.26 Å². The number of aromatic nitrogens is 2. The Kier molecular flexibility index (Phi) is 6.65. The van der Waals surface area contributed by atoms with Gasteiger partial charge < -0.3 is 19.8 Å². The van der Waals surface area contributed by atoms with Crippen LogP contribution >= 0.6 is 0 Å². The Bertz CT molecular complexity index is 1040. The van der Waals surface area contributed by atoms with E-state index in [0.29, 0.717) is 17.9 Å². The summed E-state index contributed by atoms with van der Waals surface area (Å²) < 4.78 is 11.1. The van der Waals surface area contributed by atoms with E-state index in [9.17, 15) is 4.79 Å². The van der Waals surface area contributed by atoms with Gasteiger partial charge in [-0.3, -0.25) is 4.79 Å². The van der Waals surface area contributed by atoms with Gasteiger partial charge in [-0.1, -0.05) is 49.3 Å². The third kappa shape index (κ3) is 5.35. The highest BCUT2D eigenvalue weighted by Crippen LogP contribution is 2.26. The van der Waals surface area contributed by atoms with Crippen LogP contribution in [0.15, 0.2) is 52.9 Å². The monoisotopic (exact) mass is 405 g/mol. The minimum atomic E-state index is -0.241. The van der Waals surface area contributed by atoms with Gasteiger partial charge in [0, 0.05) is 6.54 Å². The van der Waals surface area contributed by atoms with E-state index in [4.69, 9.17) is 20.1 Å². The van der Waals surface area contributed by atoms with Gasteiger partial charge in [-0.15, -0.1) is 5.10 Å². The first kappa shape index (κ1) is 20.9. The fourth-order valence-electron chi connectivity index (χ4n) is 2.95. The summed E-state index contributed by atoms with van der Waals surface area (Å²) in [5.74, 6) is 0.945. The maximum absolute atomic E-state index is 13.0. The molecular weight excluding hydrogens is 382 g/mol. The van der Waals surface area contributed by atoms with Gasteiger partial charge >= 0.3 is 6.01 Å². The van der Waals surface area contributed by atoms with Crippen molar-refractivity contribution in [1.29, 1.82) is 5.26 Å². The number of anilines is 1. The van der Waals surface area contributed by atoms with E-state index in [1.807, 2.05) is 24.3 Å². The number of para-hydroxylation sites is 1. The van der Waals surface area contributed by atoms with Crippen LogP contribution in [0.5, 0.6) is 5.75 Å². The van der Waals surface area contributed by atoms with Gasteiger partial charge in [0.25, 0.3) is 5.91 Å². The topological polar surface area (TPSA) is 118 Å². The molecular formula is C22H23N5O3. The van der Waals surface area contributed by atoms with Crippen molar-refractivity contribution in [2.75, 3.05) is 12.3 Å². The molecule has 0 spiro atoms. The molecule has 0 bridgehead atoms. The summed E-state index contributed by atoms with van der Waals surface area (Å²) in [4.78, 5) is 14.5. The van der Waals surface area contributed by atoms with Gasteiger partial charge in [0.05, 0.1) is 18.2 Å². The Balaban J connectivity index is 1.74. The summed E-state index contributed by atoms with van der Waals surface area (Å²) in [7, 11) is 0. The first-order valence-electron chi connectivity index (χ1n) is 9.52. The predicted molar refractivity (Wildman–Crippen MR) is 110 cm³/mol. The third-order valence-electron chi connectivity index (χ3n) is 4.51. The molecule has 0 fully saturated rings. The van der Waals surface area contributed by atoms with Crippen LogP contribution in [-0.2, 0) is 17.9 Å². The van der Waals surface area contributed by atoms with Crippen LogP contribution < -0.4 is 10.5 Å². The second kappa shape index (κ2) is 9.56. The summed E-state index contributed by atoms with van der Waals surface area (Å²) in [5.41, 5.74) is 7.94. The van der Waals surface area contributed by atoms with Crippen molar-refractivity contribution in [1.82, 2.24) is 15.1 Å². The number of nitrogen functional groups attached to an aromatic ring is 1. The normalized spacial score (nSPS) is 10.6. The van der Waals surface area contributed by atoms with Crippen LogP contribution in [0.1, 0.15) is 42.3 Å². The Morgan fingerprint density at radius 1 is 1.17 bits per heavy atom. The number of benzene rings is 2. The van der Waals surface area contributed by atoms with Crippen molar-refractivity contribution in [3.63, 3.8) is 0 Å². The molecule has 0 radical (unpaired) electrons. The highest BCUT2D eigenvalue weighted by Gasteiger charge is 2.19. The molecule has 2 N–H and O–H groups in total. The second-order valence-corrected chi connectivity index (χ2v) is 7.07. The number of ether oxygens (including phenoxy) is 1. The molecule has 30 heavy (non-hydrogen) atoms. The van der Waals surface area contributed by atoms with Crippen molar-refractivity contribution >= 4 is 11.9 Å². The number of hydrogen-bond donors (Lipinski definition) is 1. The third-order valence-corrected chi connectivity index (χ3v) is 4.51. The maximum Gasteiger partial charge on any atom is 0.312 e. The molecule has 3 rings (SSSR count). The van der Waals surface area contributed by atoms with E-state index in [2.05, 4.69) is 30.1 Å². The van der Waals surface area contributed by atoms with Gasteiger partial charge in [-0.05, 0) is 35.2 Å². The van der Waals surface area contributed by atoms with Crippen LogP contribution in [0.4, 0.5) is 6.01 Å². The van der Waals surface area contributed by atoms with E-state index in [1.165, 1.54) is 0 Å². The van der Waals surface area contributed by atoms with Crippen LogP contribution in [0.2, 0.25) is 0 Å². The average Bonchev–Trinajstić information content (AvgIpc) is 3.16. The zero-order chi connectivity index (χ0) is 21.5. The Morgan fingerprint density at radius 2 is 1.90 bits per heavy atom. The number of nitrogens with zero attached hydrogens (tertiary/aromatic N) is 4. The highest BCUT2D eigenvalue weighted by molar-refractivity contribution is 5.77. The lowest BCUT2D eigenvalue weighted by molar-refractivity contribution is -0.135. The average molecular weight is 405 g/mol. The summed E-state index contributed by atoms with van der Waals surface area (Å²) >= 11 is 0. The second-order valence-electron chi connectivity index (χ2n) is 7.07. The Hall–Kier alpha value is -3.86. The van der Waals surface area contributed by atoms with Crippen molar-refractivity contribution in [3.8, 4) is 11.8 Å². The van der Waals surface area contributed by atoms with Gasteiger partial charge in [0.15, 0.2) is 6.61 Å². The van der Waals surface area contributed by atoms with Crippen LogP contribution in [0, 0.1) is 11.3 Å². The molecule has 8 nitrogen and oxygen atoms in total. The van der Waals surface area contributed by atoms with Gasteiger partial charge in [0.2, 0.25) is 5.89 Å². The van der Waals surface area contributed by atoms with E-state index in [1.54, 1.807) is 29.2 Å².